The van der Waals surface area contributed by atoms with Crippen LogP contribution in [0.2, 0.25) is 0 Å². The quantitative estimate of drug-likeness (QED) is 0.862. The van der Waals surface area contributed by atoms with Gasteiger partial charge in [0.25, 0.3) is 5.56 Å². The Morgan fingerprint density at radius 2 is 2.00 bits per heavy atom. The van der Waals surface area contributed by atoms with E-state index in [0.717, 1.165) is 10.9 Å². The summed E-state index contributed by atoms with van der Waals surface area (Å²) in [7, 11) is 0.255. The van der Waals surface area contributed by atoms with Gasteiger partial charge in [-0.3, -0.25) is 9.69 Å². The molecule has 3 rings (SSSR count). The molecule has 2 atom stereocenters. The first-order chi connectivity index (χ1) is 10.8. The molecule has 0 aliphatic carbocycles. The van der Waals surface area contributed by atoms with Crippen LogP contribution in [0.15, 0.2) is 35.1 Å². The third kappa shape index (κ3) is 3.04. The Bertz CT molecular complexity index is 904. The highest BCUT2D eigenvalue weighted by Gasteiger charge is 2.38. The van der Waals surface area contributed by atoms with Crippen molar-refractivity contribution in [3.63, 3.8) is 0 Å². The number of fused-ring (bicyclic) bond motifs is 1. The highest BCUT2D eigenvalue weighted by atomic mass is 32.2. The Labute approximate surface area is 134 Å². The number of aromatic nitrogens is 1. The molecule has 1 aromatic carbocycles. The predicted octanol–water partition coefficient (Wildman–Crippen LogP) is 0.128. The van der Waals surface area contributed by atoms with Crippen LogP contribution in [0.1, 0.15) is 5.56 Å². The number of hydrogen-bond acceptors (Lipinski definition) is 5. The third-order valence-corrected chi connectivity index (χ3v) is 6.19. The summed E-state index contributed by atoms with van der Waals surface area (Å²) >= 11 is 0. The number of aryl methyl sites for hydroxylation is 1. The van der Waals surface area contributed by atoms with E-state index in [9.17, 15) is 18.3 Å². The summed E-state index contributed by atoms with van der Waals surface area (Å²) in [6, 6.07) is 8.98. The van der Waals surface area contributed by atoms with E-state index in [1.165, 1.54) is 0 Å². The molecule has 1 N–H and O–H groups in total. The second-order valence-electron chi connectivity index (χ2n) is 6.22. The van der Waals surface area contributed by atoms with Gasteiger partial charge in [0, 0.05) is 19.2 Å². The van der Waals surface area contributed by atoms with Crippen LogP contribution in [0.25, 0.3) is 10.9 Å². The molecule has 0 radical (unpaired) electrons. The first-order valence-electron chi connectivity index (χ1n) is 7.45. The SMILES string of the molecule is CN(Cc1cc2ccccc2n(C)c1=O)[C@@H]1CS(=O)(=O)C[C@H]1O. The van der Waals surface area contributed by atoms with Gasteiger partial charge in [0.05, 0.1) is 29.2 Å². The first-order valence-corrected chi connectivity index (χ1v) is 9.27. The predicted molar refractivity (Wildman–Crippen MR) is 89.1 cm³/mol. The van der Waals surface area contributed by atoms with Gasteiger partial charge in [-0.2, -0.15) is 0 Å². The van der Waals surface area contributed by atoms with Crippen molar-refractivity contribution in [2.45, 2.75) is 18.7 Å². The first kappa shape index (κ1) is 16.2. The summed E-state index contributed by atoms with van der Waals surface area (Å²) in [4.78, 5) is 14.2. The Morgan fingerprint density at radius 1 is 1.30 bits per heavy atom. The number of aliphatic hydroxyl groups is 1. The lowest BCUT2D eigenvalue weighted by Gasteiger charge is -2.25. The lowest BCUT2D eigenvalue weighted by Crippen LogP contribution is -2.41. The molecule has 2 heterocycles. The molecule has 1 aliphatic heterocycles. The largest absolute Gasteiger partial charge is 0.390 e. The van der Waals surface area contributed by atoms with Gasteiger partial charge >= 0.3 is 0 Å². The standard InChI is InChI=1S/C16H20N2O4S/c1-17(14-9-23(21,22)10-15(14)19)8-12-7-11-5-3-4-6-13(11)18(2)16(12)20/h3-7,14-15,19H,8-10H2,1-2H3/t14-,15-/m1/s1. The average Bonchev–Trinajstić information content (AvgIpc) is 2.77. The van der Waals surface area contributed by atoms with Gasteiger partial charge in [-0.05, 0) is 24.6 Å². The Balaban J connectivity index is 1.93. The van der Waals surface area contributed by atoms with Gasteiger partial charge in [0.15, 0.2) is 9.84 Å². The molecular weight excluding hydrogens is 316 g/mol. The van der Waals surface area contributed by atoms with Gasteiger partial charge in [0.2, 0.25) is 0 Å². The fourth-order valence-electron chi connectivity index (χ4n) is 3.22. The molecule has 0 saturated carbocycles. The minimum atomic E-state index is -3.21. The summed E-state index contributed by atoms with van der Waals surface area (Å²) in [6.07, 6.45) is -0.908. The molecular formula is C16H20N2O4S. The van der Waals surface area contributed by atoms with E-state index in [1.54, 1.807) is 23.6 Å². The number of sulfone groups is 1. The maximum atomic E-state index is 12.5. The number of pyridine rings is 1. The molecule has 7 heteroatoms. The molecule has 0 amide bonds. The zero-order chi connectivity index (χ0) is 16.8. The Kier molecular flexibility index (Phi) is 4.03. The van der Waals surface area contributed by atoms with Gasteiger partial charge in [0.1, 0.15) is 0 Å². The van der Waals surface area contributed by atoms with Gasteiger partial charge in [-0.15, -0.1) is 0 Å². The molecule has 6 nitrogen and oxygen atoms in total. The summed E-state index contributed by atoms with van der Waals surface area (Å²) in [6.45, 7) is 0.300. The minimum absolute atomic E-state index is 0.0709. The van der Waals surface area contributed by atoms with E-state index in [0.29, 0.717) is 12.1 Å². The minimum Gasteiger partial charge on any atom is -0.390 e. The fourth-order valence-corrected chi connectivity index (χ4v) is 5.10. The van der Waals surface area contributed by atoms with Crippen molar-refractivity contribution < 1.29 is 13.5 Å². The highest BCUT2D eigenvalue weighted by Crippen LogP contribution is 2.20. The van der Waals surface area contributed by atoms with E-state index in [2.05, 4.69) is 0 Å². The van der Waals surface area contributed by atoms with Crippen LogP contribution in [0, 0.1) is 0 Å². The van der Waals surface area contributed by atoms with Gasteiger partial charge in [-0.25, -0.2) is 8.42 Å². The zero-order valence-electron chi connectivity index (χ0n) is 13.1. The highest BCUT2D eigenvalue weighted by molar-refractivity contribution is 7.91. The number of rotatable bonds is 3. The monoisotopic (exact) mass is 336 g/mol. The summed E-state index contributed by atoms with van der Waals surface area (Å²) in [5.74, 6) is -0.281. The zero-order valence-corrected chi connectivity index (χ0v) is 14.0. The molecule has 0 spiro atoms. The van der Waals surface area contributed by atoms with E-state index in [4.69, 9.17) is 0 Å². The molecule has 0 bridgehead atoms. The molecule has 1 aromatic heterocycles. The van der Waals surface area contributed by atoms with Gasteiger partial charge in [-0.1, -0.05) is 18.2 Å². The Morgan fingerprint density at radius 3 is 2.65 bits per heavy atom. The molecule has 124 valence electrons. The van der Waals surface area contributed by atoms with Crippen LogP contribution in [0.3, 0.4) is 0 Å². The molecule has 23 heavy (non-hydrogen) atoms. The van der Waals surface area contributed by atoms with E-state index >= 15 is 0 Å². The van der Waals surface area contributed by atoms with Crippen molar-refractivity contribution in [2.24, 2.45) is 7.05 Å². The molecule has 0 unspecified atom stereocenters. The maximum Gasteiger partial charge on any atom is 0.255 e. The third-order valence-electron chi connectivity index (χ3n) is 4.49. The summed E-state index contributed by atoms with van der Waals surface area (Å²) in [5, 5.41) is 10.9. The second-order valence-corrected chi connectivity index (χ2v) is 8.37. The Hall–Kier alpha value is -1.70. The van der Waals surface area contributed by atoms with E-state index < -0.39 is 22.0 Å². The van der Waals surface area contributed by atoms with Crippen LogP contribution in [-0.2, 0) is 23.4 Å². The molecule has 1 saturated heterocycles. The van der Waals surface area contributed by atoms with Crippen molar-refractivity contribution in [3.05, 3.63) is 46.2 Å². The van der Waals surface area contributed by atoms with Crippen molar-refractivity contribution in [2.75, 3.05) is 18.6 Å². The van der Waals surface area contributed by atoms with Crippen LogP contribution in [-0.4, -0.2) is 53.7 Å². The molecule has 1 fully saturated rings. The number of nitrogens with zero attached hydrogens (tertiary/aromatic N) is 2. The van der Waals surface area contributed by atoms with E-state index in [-0.39, 0.29) is 17.1 Å². The van der Waals surface area contributed by atoms with Crippen LogP contribution >= 0.6 is 0 Å². The van der Waals surface area contributed by atoms with Gasteiger partial charge < -0.3 is 9.67 Å². The number of benzene rings is 1. The molecule has 1 aliphatic rings. The van der Waals surface area contributed by atoms with Crippen LogP contribution < -0.4 is 5.56 Å². The summed E-state index contributed by atoms with van der Waals surface area (Å²) in [5.41, 5.74) is 1.34. The number of hydrogen-bond donors (Lipinski definition) is 1. The van der Waals surface area contributed by atoms with E-state index in [1.807, 2.05) is 30.3 Å². The smallest absolute Gasteiger partial charge is 0.255 e. The number of para-hydroxylation sites is 1. The molecule has 2 aromatic rings. The summed E-state index contributed by atoms with van der Waals surface area (Å²) < 4.78 is 24.9. The van der Waals surface area contributed by atoms with Crippen molar-refractivity contribution in [1.82, 2.24) is 9.47 Å². The lowest BCUT2D eigenvalue weighted by atomic mass is 10.1. The van der Waals surface area contributed by atoms with Crippen molar-refractivity contribution >= 4 is 20.7 Å². The van der Waals surface area contributed by atoms with Crippen molar-refractivity contribution in [3.8, 4) is 0 Å². The lowest BCUT2D eigenvalue weighted by molar-refractivity contribution is 0.0955. The average molecular weight is 336 g/mol. The maximum absolute atomic E-state index is 12.5. The number of likely N-dealkylation sites (N-methyl/N-ethyl adjacent to an activating group) is 1. The van der Waals surface area contributed by atoms with Crippen molar-refractivity contribution in [1.29, 1.82) is 0 Å². The van der Waals surface area contributed by atoms with Crippen LogP contribution in [0.4, 0.5) is 0 Å². The normalized spacial score (nSPS) is 23.7. The fraction of sp³-hybridized carbons (Fsp3) is 0.438. The topological polar surface area (TPSA) is 79.6 Å². The van der Waals surface area contributed by atoms with Crippen LogP contribution in [0.5, 0.6) is 0 Å². The number of aliphatic hydroxyl groups excluding tert-OH is 1. The second kappa shape index (κ2) is 5.74.